The van der Waals surface area contributed by atoms with Crippen molar-refractivity contribution >= 4 is 12.1 Å². The van der Waals surface area contributed by atoms with Gasteiger partial charge in [-0.2, -0.15) is 0 Å². The number of carbonyl (C=O) groups excluding carboxylic acids is 2. The van der Waals surface area contributed by atoms with E-state index in [4.69, 9.17) is 9.47 Å². The van der Waals surface area contributed by atoms with Gasteiger partial charge in [0.2, 0.25) is 0 Å². The van der Waals surface area contributed by atoms with Crippen molar-refractivity contribution in [3.05, 3.63) is 47.8 Å². The van der Waals surface area contributed by atoms with Crippen molar-refractivity contribution in [3.63, 3.8) is 0 Å². The molecule has 2 rings (SSSR count). The van der Waals surface area contributed by atoms with Crippen molar-refractivity contribution in [1.29, 1.82) is 0 Å². The molecule has 5 nitrogen and oxygen atoms in total. The Balaban J connectivity index is 2.23. The molecule has 172 valence electrons. The Morgan fingerprint density at radius 1 is 1.13 bits per heavy atom. The summed E-state index contributed by atoms with van der Waals surface area (Å²) in [7, 11) is 0. The molecule has 0 aromatic heterocycles. The molecule has 1 fully saturated rings. The fourth-order valence-electron chi connectivity index (χ4n) is 3.80. The third-order valence-electron chi connectivity index (χ3n) is 5.01. The molecule has 31 heavy (non-hydrogen) atoms. The predicted molar refractivity (Wildman–Crippen MR) is 119 cm³/mol. The first-order chi connectivity index (χ1) is 14.3. The second-order valence-corrected chi connectivity index (χ2v) is 10.3. The highest BCUT2D eigenvalue weighted by molar-refractivity contribution is 5.74. The molecule has 0 saturated carbocycles. The molecule has 1 aliphatic rings. The van der Waals surface area contributed by atoms with E-state index in [1.807, 2.05) is 47.6 Å². The number of amides is 1. The van der Waals surface area contributed by atoms with E-state index < -0.39 is 17.1 Å². The summed E-state index contributed by atoms with van der Waals surface area (Å²) in [4.78, 5) is 27.2. The lowest BCUT2D eigenvalue weighted by Crippen LogP contribution is -2.38. The molecule has 0 unspecified atom stereocenters. The summed E-state index contributed by atoms with van der Waals surface area (Å²) in [5.41, 5.74) is 0.343. The number of nitrogens with zero attached hydrogens (tertiary/aromatic N) is 1. The second-order valence-electron chi connectivity index (χ2n) is 10.3. The number of benzene rings is 1. The lowest BCUT2D eigenvalue weighted by molar-refractivity contribution is -0.161. The van der Waals surface area contributed by atoms with Gasteiger partial charge in [-0.15, -0.1) is 6.58 Å². The Morgan fingerprint density at radius 3 is 2.32 bits per heavy atom. The van der Waals surface area contributed by atoms with Crippen LogP contribution in [0.4, 0.5) is 9.18 Å². The van der Waals surface area contributed by atoms with Crippen LogP contribution >= 0.6 is 0 Å². The maximum atomic E-state index is 14.2. The van der Waals surface area contributed by atoms with E-state index in [0.29, 0.717) is 32.4 Å². The number of hydrogen-bond acceptors (Lipinski definition) is 4. The molecule has 0 aliphatic carbocycles. The van der Waals surface area contributed by atoms with Crippen molar-refractivity contribution in [2.75, 3.05) is 13.1 Å². The van der Waals surface area contributed by atoms with Gasteiger partial charge in [0.1, 0.15) is 17.0 Å². The Morgan fingerprint density at radius 2 is 1.74 bits per heavy atom. The van der Waals surface area contributed by atoms with Crippen LogP contribution in [-0.4, -0.2) is 41.3 Å². The van der Waals surface area contributed by atoms with E-state index in [1.165, 1.54) is 12.1 Å². The molecule has 1 aromatic rings. The molecule has 2 atom stereocenters. The summed E-state index contributed by atoms with van der Waals surface area (Å²) in [6.45, 7) is 15.6. The van der Waals surface area contributed by atoms with Crippen LogP contribution in [0.3, 0.4) is 0 Å². The van der Waals surface area contributed by atoms with Gasteiger partial charge in [0.15, 0.2) is 0 Å². The fourth-order valence-corrected chi connectivity index (χ4v) is 3.80. The van der Waals surface area contributed by atoms with Crippen molar-refractivity contribution < 1.29 is 23.5 Å². The minimum absolute atomic E-state index is 0.0894. The van der Waals surface area contributed by atoms with Crippen LogP contribution in [-0.2, 0) is 27.1 Å². The average Bonchev–Trinajstić information content (AvgIpc) is 3.06. The van der Waals surface area contributed by atoms with Gasteiger partial charge < -0.3 is 14.4 Å². The highest BCUT2D eigenvalue weighted by atomic mass is 19.1. The van der Waals surface area contributed by atoms with E-state index in [9.17, 15) is 14.0 Å². The van der Waals surface area contributed by atoms with E-state index in [0.717, 1.165) is 11.1 Å². The van der Waals surface area contributed by atoms with Crippen LogP contribution in [0, 0.1) is 17.7 Å². The molecule has 1 aliphatic heterocycles. The molecular formula is C25H36FNO4. The largest absolute Gasteiger partial charge is 0.460 e. The van der Waals surface area contributed by atoms with E-state index >= 15 is 0 Å². The summed E-state index contributed by atoms with van der Waals surface area (Å²) in [6, 6.07) is 4.85. The number of ether oxygens (including phenoxy) is 2. The van der Waals surface area contributed by atoms with Gasteiger partial charge in [-0.3, -0.25) is 4.79 Å². The summed E-state index contributed by atoms with van der Waals surface area (Å²) < 4.78 is 25.3. The summed E-state index contributed by atoms with van der Waals surface area (Å²) >= 11 is 0. The third kappa shape index (κ3) is 8.00. The predicted octanol–water partition coefficient (Wildman–Crippen LogP) is 5.31. The van der Waals surface area contributed by atoms with Crippen LogP contribution < -0.4 is 0 Å². The lowest BCUT2D eigenvalue weighted by Gasteiger charge is -2.28. The Hall–Kier alpha value is -2.37. The highest BCUT2D eigenvalue weighted by Crippen LogP contribution is 2.31. The minimum Gasteiger partial charge on any atom is -0.460 e. The van der Waals surface area contributed by atoms with Crippen LogP contribution in [0.2, 0.25) is 0 Å². The normalized spacial score (nSPS) is 17.9. The van der Waals surface area contributed by atoms with Crippen molar-refractivity contribution in [3.8, 4) is 0 Å². The Kier molecular flexibility index (Phi) is 7.90. The molecule has 1 heterocycles. The number of hydrogen-bond donors (Lipinski definition) is 0. The van der Waals surface area contributed by atoms with Gasteiger partial charge in [0, 0.05) is 13.1 Å². The zero-order chi connectivity index (χ0) is 23.4. The number of allylic oxidation sites excluding steroid dienone is 1. The number of carbonyl (C=O) groups is 2. The molecule has 0 radical (unpaired) electrons. The molecule has 6 heteroatoms. The zero-order valence-electron chi connectivity index (χ0n) is 19.7. The molecule has 1 aromatic carbocycles. The minimum atomic E-state index is -0.630. The van der Waals surface area contributed by atoms with Crippen LogP contribution in [0.5, 0.6) is 0 Å². The maximum absolute atomic E-state index is 14.2. The second kappa shape index (κ2) is 9.84. The number of esters is 1. The molecule has 1 amide bonds. The fraction of sp³-hybridized carbons (Fsp3) is 0.600. The van der Waals surface area contributed by atoms with Crippen LogP contribution in [0.25, 0.3) is 0 Å². The van der Waals surface area contributed by atoms with Crippen molar-refractivity contribution in [2.24, 2.45) is 11.8 Å². The van der Waals surface area contributed by atoms with E-state index in [2.05, 4.69) is 6.58 Å². The van der Waals surface area contributed by atoms with Crippen LogP contribution in [0.1, 0.15) is 59.1 Å². The van der Waals surface area contributed by atoms with Crippen molar-refractivity contribution in [2.45, 2.75) is 72.0 Å². The van der Waals surface area contributed by atoms with Gasteiger partial charge in [-0.05, 0) is 90.0 Å². The van der Waals surface area contributed by atoms with E-state index in [-0.39, 0.29) is 23.8 Å². The summed E-state index contributed by atoms with van der Waals surface area (Å²) in [5.74, 6) is -1.23. The average molecular weight is 434 g/mol. The summed E-state index contributed by atoms with van der Waals surface area (Å²) in [5, 5.41) is 0. The molecule has 0 spiro atoms. The SMILES string of the molecule is C=CCc1cc(F)cc(C[C@H](C(=O)OC(C)(C)C)[C@H]2CCN(C(=O)OC(C)(C)C)C2)c1. The number of rotatable bonds is 6. The van der Waals surface area contributed by atoms with Gasteiger partial charge in [0.05, 0.1) is 5.92 Å². The lowest BCUT2D eigenvalue weighted by atomic mass is 9.85. The summed E-state index contributed by atoms with van der Waals surface area (Å²) in [6.07, 6.45) is 2.91. The molecule has 1 saturated heterocycles. The quantitative estimate of drug-likeness (QED) is 0.451. The first-order valence-corrected chi connectivity index (χ1v) is 10.9. The van der Waals surface area contributed by atoms with Gasteiger partial charge in [-0.25, -0.2) is 9.18 Å². The first-order valence-electron chi connectivity index (χ1n) is 10.9. The standard InChI is InChI=1S/C25H36FNO4/c1-8-9-17-12-18(14-20(26)13-17)15-21(22(28)30-24(2,3)4)19-10-11-27(16-19)23(29)31-25(5,6)7/h8,12-14,19,21H,1,9-11,15-16H2,2-7H3/t19-,21-/m0/s1. The highest BCUT2D eigenvalue weighted by Gasteiger charge is 2.39. The smallest absolute Gasteiger partial charge is 0.410 e. The first kappa shape index (κ1) is 24.9. The van der Waals surface area contributed by atoms with Gasteiger partial charge >= 0.3 is 12.1 Å². The topological polar surface area (TPSA) is 55.8 Å². The third-order valence-corrected chi connectivity index (χ3v) is 5.01. The Labute approximate surface area is 185 Å². The van der Waals surface area contributed by atoms with Gasteiger partial charge in [0.25, 0.3) is 0 Å². The van der Waals surface area contributed by atoms with E-state index in [1.54, 1.807) is 11.0 Å². The molecule has 0 N–H and O–H groups in total. The number of likely N-dealkylation sites (tertiary alicyclic amines) is 1. The Bertz CT molecular complexity index is 807. The van der Waals surface area contributed by atoms with Gasteiger partial charge in [-0.1, -0.05) is 12.1 Å². The molecular weight excluding hydrogens is 397 g/mol. The van der Waals surface area contributed by atoms with Crippen molar-refractivity contribution in [1.82, 2.24) is 4.90 Å². The molecule has 0 bridgehead atoms. The zero-order valence-corrected chi connectivity index (χ0v) is 19.7. The monoisotopic (exact) mass is 433 g/mol. The number of halogens is 1. The van der Waals surface area contributed by atoms with Crippen LogP contribution in [0.15, 0.2) is 30.9 Å². The maximum Gasteiger partial charge on any atom is 0.410 e.